The van der Waals surface area contributed by atoms with Crippen LogP contribution in [0.25, 0.3) is 0 Å². The van der Waals surface area contributed by atoms with Crippen LogP contribution >= 0.6 is 11.6 Å². The number of nitrogens with zero attached hydrogens (tertiary/aromatic N) is 1. The Morgan fingerprint density at radius 3 is 2.26 bits per heavy atom. The van der Waals surface area contributed by atoms with E-state index in [0.717, 1.165) is 12.1 Å². The Bertz CT molecular complexity index is 968. The quantitative estimate of drug-likeness (QED) is 0.356. The molecule has 0 heterocycles. The third-order valence-electron chi connectivity index (χ3n) is 3.08. The number of esters is 1. The summed E-state index contributed by atoms with van der Waals surface area (Å²) in [6, 6.07) is 10.9. The van der Waals surface area contributed by atoms with E-state index in [1.165, 1.54) is 24.3 Å². The van der Waals surface area contributed by atoms with Gasteiger partial charge in [0.05, 0.1) is 5.69 Å². The van der Waals surface area contributed by atoms with Crippen molar-refractivity contribution in [3.05, 3.63) is 59.4 Å². The number of hydrazone groups is 1. The van der Waals surface area contributed by atoms with E-state index < -0.39 is 37.2 Å². The molecule has 2 aromatic carbocycles. The summed E-state index contributed by atoms with van der Waals surface area (Å²) >= 11 is 5.79. The van der Waals surface area contributed by atoms with E-state index in [1.54, 1.807) is 32.9 Å². The fraction of sp³-hybridized carbons (Fsp3) is 0.222. The largest absolute Gasteiger partial charge is 0.455 e. The smallest absolute Gasteiger partial charge is 0.371 e. The van der Waals surface area contributed by atoms with Crippen molar-refractivity contribution in [3.63, 3.8) is 0 Å². The molecule has 27 heavy (non-hydrogen) atoms. The molecule has 0 spiro atoms. The number of carbonyl (C=O) groups is 1. The van der Waals surface area contributed by atoms with Crippen molar-refractivity contribution in [2.45, 2.75) is 31.3 Å². The van der Waals surface area contributed by atoms with E-state index in [-0.39, 0.29) is 0 Å². The first-order chi connectivity index (χ1) is 12.5. The number of hydrogen-bond acceptors (Lipinski definition) is 6. The predicted molar refractivity (Wildman–Crippen MR) is 102 cm³/mol. The van der Waals surface area contributed by atoms with Crippen LogP contribution in [0.5, 0.6) is 0 Å². The standard InChI is InChI=1S/C18H18ClFN2O4S/c1-18(2,3)26-17(23)16(22-21-13-10-8-12(19)9-11-13)27(24,25)15-7-5-4-6-14(15)20/h4-11,21H,1-3H3. The third-order valence-corrected chi connectivity index (χ3v) is 5.01. The Balaban J connectivity index is 2.49. The first-order valence-electron chi connectivity index (χ1n) is 7.83. The zero-order valence-electron chi connectivity index (χ0n) is 14.9. The molecule has 0 saturated carbocycles. The van der Waals surface area contributed by atoms with Gasteiger partial charge in [-0.3, -0.25) is 5.43 Å². The van der Waals surface area contributed by atoms with Gasteiger partial charge in [-0.2, -0.15) is 5.10 Å². The van der Waals surface area contributed by atoms with E-state index in [2.05, 4.69) is 10.5 Å². The molecule has 9 heteroatoms. The van der Waals surface area contributed by atoms with Crippen molar-refractivity contribution in [3.8, 4) is 0 Å². The summed E-state index contributed by atoms with van der Waals surface area (Å²) in [5, 5.41) is 3.20. The van der Waals surface area contributed by atoms with Crippen molar-refractivity contribution in [1.82, 2.24) is 0 Å². The molecule has 0 saturated heterocycles. The minimum atomic E-state index is -4.57. The summed E-state index contributed by atoms with van der Waals surface area (Å²) < 4.78 is 44.8. The maximum absolute atomic E-state index is 14.0. The second kappa shape index (κ2) is 8.06. The summed E-state index contributed by atoms with van der Waals surface area (Å²) in [4.78, 5) is 11.8. The van der Waals surface area contributed by atoms with E-state index in [9.17, 15) is 17.6 Å². The minimum Gasteiger partial charge on any atom is -0.455 e. The number of hydrogen-bond donors (Lipinski definition) is 1. The number of benzene rings is 2. The fourth-order valence-electron chi connectivity index (χ4n) is 1.94. The molecule has 0 aliphatic heterocycles. The summed E-state index contributed by atoms with van der Waals surface area (Å²) in [5.74, 6) is -2.20. The molecule has 0 aliphatic carbocycles. The van der Waals surface area contributed by atoms with Crippen LogP contribution in [0.15, 0.2) is 58.5 Å². The second-order valence-electron chi connectivity index (χ2n) is 6.47. The van der Waals surface area contributed by atoms with Crippen LogP contribution in [0, 0.1) is 5.82 Å². The lowest BCUT2D eigenvalue weighted by atomic mass is 10.2. The van der Waals surface area contributed by atoms with Crippen LogP contribution in [-0.2, 0) is 19.4 Å². The molecule has 6 nitrogen and oxygen atoms in total. The molecule has 0 unspecified atom stereocenters. The lowest BCUT2D eigenvalue weighted by Crippen LogP contribution is -2.34. The lowest BCUT2D eigenvalue weighted by molar-refractivity contribution is -0.145. The predicted octanol–water partition coefficient (Wildman–Crippen LogP) is 4.02. The maximum Gasteiger partial charge on any atom is 0.371 e. The fourth-order valence-corrected chi connectivity index (χ4v) is 3.29. The van der Waals surface area contributed by atoms with Gasteiger partial charge >= 0.3 is 5.97 Å². The van der Waals surface area contributed by atoms with Crippen LogP contribution in [0.1, 0.15) is 20.8 Å². The third kappa shape index (κ3) is 5.51. The number of anilines is 1. The van der Waals surface area contributed by atoms with E-state index >= 15 is 0 Å². The second-order valence-corrected chi connectivity index (χ2v) is 8.74. The highest BCUT2D eigenvalue weighted by molar-refractivity contribution is 8.08. The molecule has 2 aromatic rings. The van der Waals surface area contributed by atoms with Gasteiger partial charge < -0.3 is 4.74 Å². The van der Waals surface area contributed by atoms with Crippen molar-refractivity contribution in [2.75, 3.05) is 5.43 Å². The van der Waals surface area contributed by atoms with Gasteiger partial charge in [0.2, 0.25) is 9.84 Å². The number of ether oxygens (including phenoxy) is 1. The van der Waals surface area contributed by atoms with E-state index in [0.29, 0.717) is 10.7 Å². The van der Waals surface area contributed by atoms with Crippen LogP contribution in [-0.4, -0.2) is 25.0 Å². The van der Waals surface area contributed by atoms with Crippen molar-refractivity contribution < 1.29 is 22.3 Å². The van der Waals surface area contributed by atoms with Gasteiger partial charge in [0.15, 0.2) is 0 Å². The van der Waals surface area contributed by atoms with Crippen LogP contribution < -0.4 is 5.43 Å². The van der Waals surface area contributed by atoms with Crippen molar-refractivity contribution >= 4 is 38.1 Å². The van der Waals surface area contributed by atoms with Crippen molar-refractivity contribution in [2.24, 2.45) is 5.10 Å². The zero-order chi connectivity index (χ0) is 20.2. The van der Waals surface area contributed by atoms with Gasteiger partial charge in [-0.05, 0) is 57.2 Å². The molecule has 1 N–H and O–H groups in total. The molecule has 0 atom stereocenters. The molecule has 0 amide bonds. The Morgan fingerprint density at radius 1 is 1.11 bits per heavy atom. The normalized spacial score (nSPS) is 12.6. The maximum atomic E-state index is 14.0. The van der Waals surface area contributed by atoms with Gasteiger partial charge in [0.25, 0.3) is 5.04 Å². The number of halogens is 2. The van der Waals surface area contributed by atoms with Crippen LogP contribution in [0.3, 0.4) is 0 Å². The summed E-state index contributed by atoms with van der Waals surface area (Å²) in [7, 11) is -4.57. The van der Waals surface area contributed by atoms with Gasteiger partial charge in [0, 0.05) is 5.02 Å². The van der Waals surface area contributed by atoms with Crippen molar-refractivity contribution in [1.29, 1.82) is 0 Å². The molecule has 2 rings (SSSR count). The highest BCUT2D eigenvalue weighted by atomic mass is 35.5. The topological polar surface area (TPSA) is 84.8 Å². The van der Waals surface area contributed by atoms with Crippen LogP contribution in [0.2, 0.25) is 5.02 Å². The Labute approximate surface area is 161 Å². The molecule has 144 valence electrons. The Kier molecular flexibility index (Phi) is 6.22. The monoisotopic (exact) mass is 412 g/mol. The average Bonchev–Trinajstić information content (AvgIpc) is 2.55. The highest BCUT2D eigenvalue weighted by Gasteiger charge is 2.35. The van der Waals surface area contributed by atoms with E-state index in [1.807, 2.05) is 0 Å². The van der Waals surface area contributed by atoms with Gasteiger partial charge in [0.1, 0.15) is 16.3 Å². The molecule has 0 radical (unpaired) electrons. The van der Waals surface area contributed by atoms with Crippen LogP contribution in [0.4, 0.5) is 10.1 Å². The number of carbonyl (C=O) groups excluding carboxylic acids is 1. The first-order valence-corrected chi connectivity index (χ1v) is 9.69. The number of nitrogens with one attached hydrogen (secondary N) is 1. The summed E-state index contributed by atoms with van der Waals surface area (Å²) in [6.07, 6.45) is 0. The Morgan fingerprint density at radius 2 is 1.70 bits per heavy atom. The van der Waals surface area contributed by atoms with Gasteiger partial charge in [-0.15, -0.1) is 0 Å². The molecule has 0 bridgehead atoms. The molecule has 0 fully saturated rings. The number of sulfone groups is 1. The Hall–Kier alpha value is -2.45. The SMILES string of the molecule is CC(C)(C)OC(=O)C(=NNc1ccc(Cl)cc1)S(=O)(=O)c1ccccc1F. The average molecular weight is 413 g/mol. The van der Waals surface area contributed by atoms with E-state index in [4.69, 9.17) is 16.3 Å². The summed E-state index contributed by atoms with van der Waals surface area (Å²) in [5.41, 5.74) is 1.87. The molecule has 0 aliphatic rings. The van der Waals surface area contributed by atoms with Gasteiger partial charge in [-0.25, -0.2) is 17.6 Å². The molecular formula is C18H18ClFN2O4S. The molecule has 0 aromatic heterocycles. The number of rotatable bonds is 3. The highest BCUT2D eigenvalue weighted by Crippen LogP contribution is 2.20. The summed E-state index contributed by atoms with van der Waals surface area (Å²) in [6.45, 7) is 4.72. The van der Waals surface area contributed by atoms with Gasteiger partial charge in [-0.1, -0.05) is 23.7 Å². The lowest BCUT2D eigenvalue weighted by Gasteiger charge is -2.20. The minimum absolute atomic E-state index is 0.379. The molecular weight excluding hydrogens is 395 g/mol. The first kappa shape index (κ1) is 20.9. The zero-order valence-corrected chi connectivity index (χ0v) is 16.4.